The van der Waals surface area contributed by atoms with Crippen molar-refractivity contribution in [1.82, 2.24) is 0 Å². The second-order valence-corrected chi connectivity index (χ2v) is 5.36. The molecule has 110 valence electrons. The summed E-state index contributed by atoms with van der Waals surface area (Å²) >= 11 is 3.38. The van der Waals surface area contributed by atoms with Crippen molar-refractivity contribution in [3.8, 4) is 11.5 Å². The van der Waals surface area contributed by atoms with Crippen molar-refractivity contribution in [1.29, 1.82) is 0 Å². The van der Waals surface area contributed by atoms with Gasteiger partial charge < -0.3 is 14.8 Å². The summed E-state index contributed by atoms with van der Waals surface area (Å²) in [5, 5.41) is 2.82. The summed E-state index contributed by atoms with van der Waals surface area (Å²) in [7, 11) is 1.56. The van der Waals surface area contributed by atoms with Crippen LogP contribution in [-0.2, 0) is 4.79 Å². The number of benzene rings is 2. The number of ether oxygens (including phenoxy) is 2. The van der Waals surface area contributed by atoms with E-state index in [9.17, 15) is 4.79 Å². The molecule has 0 saturated heterocycles. The van der Waals surface area contributed by atoms with E-state index in [1.807, 2.05) is 37.3 Å². The number of rotatable bonds is 5. The lowest BCUT2D eigenvalue weighted by molar-refractivity contribution is -0.118. The fourth-order valence-electron chi connectivity index (χ4n) is 1.80. The van der Waals surface area contributed by atoms with E-state index in [4.69, 9.17) is 9.47 Å². The average molecular weight is 350 g/mol. The molecule has 0 aliphatic rings. The molecule has 0 radical (unpaired) electrons. The summed E-state index contributed by atoms with van der Waals surface area (Å²) in [5.74, 6) is 0.923. The molecule has 0 atom stereocenters. The Morgan fingerprint density at radius 1 is 1.19 bits per heavy atom. The van der Waals surface area contributed by atoms with Crippen LogP contribution >= 0.6 is 15.9 Å². The van der Waals surface area contributed by atoms with E-state index in [-0.39, 0.29) is 12.5 Å². The van der Waals surface area contributed by atoms with Crippen LogP contribution in [0.15, 0.2) is 46.9 Å². The Kier molecular flexibility index (Phi) is 5.22. The van der Waals surface area contributed by atoms with Crippen LogP contribution in [0.3, 0.4) is 0 Å². The number of nitrogens with one attached hydrogen (secondary N) is 1. The number of carbonyl (C=O) groups is 1. The first-order valence-electron chi connectivity index (χ1n) is 6.42. The number of halogens is 1. The van der Waals surface area contributed by atoms with Gasteiger partial charge in [0.05, 0.1) is 7.11 Å². The Morgan fingerprint density at radius 3 is 2.62 bits per heavy atom. The number of para-hydroxylation sites is 2. The van der Waals surface area contributed by atoms with Gasteiger partial charge in [-0.05, 0) is 36.8 Å². The zero-order chi connectivity index (χ0) is 15.2. The van der Waals surface area contributed by atoms with Crippen LogP contribution in [0, 0.1) is 6.92 Å². The smallest absolute Gasteiger partial charge is 0.262 e. The zero-order valence-corrected chi connectivity index (χ0v) is 13.4. The van der Waals surface area contributed by atoms with E-state index in [0.717, 1.165) is 15.7 Å². The number of hydrogen-bond donors (Lipinski definition) is 1. The van der Waals surface area contributed by atoms with E-state index < -0.39 is 0 Å². The second kappa shape index (κ2) is 7.13. The molecular formula is C16H16BrNO3. The summed E-state index contributed by atoms with van der Waals surface area (Å²) in [6.07, 6.45) is 0. The molecule has 0 heterocycles. The van der Waals surface area contributed by atoms with Gasteiger partial charge in [0.2, 0.25) is 0 Å². The van der Waals surface area contributed by atoms with Crippen molar-refractivity contribution in [2.45, 2.75) is 6.92 Å². The molecule has 2 rings (SSSR count). The fourth-order valence-corrected chi connectivity index (χ4v) is 2.16. The minimum absolute atomic E-state index is 0.0771. The maximum atomic E-state index is 12.0. The maximum absolute atomic E-state index is 12.0. The van der Waals surface area contributed by atoms with E-state index in [1.54, 1.807) is 19.2 Å². The quantitative estimate of drug-likeness (QED) is 0.893. The highest BCUT2D eigenvalue weighted by atomic mass is 79.9. The summed E-state index contributed by atoms with van der Waals surface area (Å²) < 4.78 is 11.6. The van der Waals surface area contributed by atoms with E-state index in [0.29, 0.717) is 11.5 Å². The summed E-state index contributed by atoms with van der Waals surface area (Å²) in [6.45, 7) is 1.86. The molecule has 2 aromatic rings. The predicted molar refractivity (Wildman–Crippen MR) is 86.0 cm³/mol. The largest absolute Gasteiger partial charge is 0.493 e. The van der Waals surface area contributed by atoms with Gasteiger partial charge in [0.15, 0.2) is 18.1 Å². The van der Waals surface area contributed by atoms with Crippen molar-refractivity contribution < 1.29 is 14.3 Å². The Labute approximate surface area is 132 Å². The van der Waals surface area contributed by atoms with E-state index in [1.165, 1.54) is 0 Å². The molecule has 21 heavy (non-hydrogen) atoms. The van der Waals surface area contributed by atoms with Gasteiger partial charge >= 0.3 is 0 Å². The fraction of sp³-hybridized carbons (Fsp3) is 0.188. The van der Waals surface area contributed by atoms with Crippen LogP contribution < -0.4 is 14.8 Å². The summed E-state index contributed by atoms with van der Waals surface area (Å²) in [4.78, 5) is 12.0. The summed E-state index contributed by atoms with van der Waals surface area (Å²) in [6, 6.07) is 12.9. The van der Waals surface area contributed by atoms with Crippen molar-refractivity contribution in [3.05, 3.63) is 52.5 Å². The number of aryl methyl sites for hydroxylation is 1. The first-order valence-corrected chi connectivity index (χ1v) is 7.21. The second-order valence-electron chi connectivity index (χ2n) is 4.45. The molecule has 0 fully saturated rings. The Bertz CT molecular complexity index is 643. The van der Waals surface area contributed by atoms with Gasteiger partial charge in [-0.25, -0.2) is 0 Å². The molecule has 0 bridgehead atoms. The van der Waals surface area contributed by atoms with Crippen LogP contribution in [-0.4, -0.2) is 19.6 Å². The molecule has 0 unspecified atom stereocenters. The SMILES string of the molecule is COc1ccccc1OCC(=O)Nc1cc(Br)ccc1C. The maximum Gasteiger partial charge on any atom is 0.262 e. The molecule has 5 heteroatoms. The molecule has 0 spiro atoms. The van der Waals surface area contributed by atoms with Crippen molar-refractivity contribution in [2.75, 3.05) is 19.0 Å². The predicted octanol–water partition coefficient (Wildman–Crippen LogP) is 3.78. The monoisotopic (exact) mass is 349 g/mol. The molecule has 0 aliphatic carbocycles. The number of carbonyl (C=O) groups excluding carboxylic acids is 1. The van der Waals surface area contributed by atoms with Gasteiger partial charge in [0, 0.05) is 10.2 Å². The Hall–Kier alpha value is -2.01. The van der Waals surface area contributed by atoms with Crippen molar-refractivity contribution >= 4 is 27.5 Å². The molecule has 0 saturated carbocycles. The molecule has 0 aromatic heterocycles. The number of amides is 1. The molecule has 1 N–H and O–H groups in total. The minimum Gasteiger partial charge on any atom is -0.493 e. The third kappa shape index (κ3) is 4.23. The number of methoxy groups -OCH3 is 1. The minimum atomic E-state index is -0.220. The average Bonchev–Trinajstić information content (AvgIpc) is 2.49. The lowest BCUT2D eigenvalue weighted by Crippen LogP contribution is -2.20. The topological polar surface area (TPSA) is 47.6 Å². The van der Waals surface area contributed by atoms with Crippen LogP contribution in [0.25, 0.3) is 0 Å². The lowest BCUT2D eigenvalue weighted by atomic mass is 10.2. The molecular weight excluding hydrogens is 334 g/mol. The summed E-state index contributed by atoms with van der Waals surface area (Å²) in [5.41, 5.74) is 1.75. The standard InChI is InChI=1S/C16H16BrNO3/c1-11-7-8-12(17)9-13(11)18-16(19)10-21-15-6-4-3-5-14(15)20-2/h3-9H,10H2,1-2H3,(H,18,19). The third-order valence-electron chi connectivity index (χ3n) is 2.90. The highest BCUT2D eigenvalue weighted by Gasteiger charge is 2.08. The van der Waals surface area contributed by atoms with Gasteiger partial charge in [-0.1, -0.05) is 34.1 Å². The van der Waals surface area contributed by atoms with Gasteiger partial charge in [0.25, 0.3) is 5.91 Å². The van der Waals surface area contributed by atoms with E-state index in [2.05, 4.69) is 21.2 Å². The van der Waals surface area contributed by atoms with Gasteiger partial charge in [-0.15, -0.1) is 0 Å². The van der Waals surface area contributed by atoms with E-state index >= 15 is 0 Å². The first kappa shape index (κ1) is 15.4. The lowest BCUT2D eigenvalue weighted by Gasteiger charge is -2.11. The van der Waals surface area contributed by atoms with Crippen LogP contribution in [0.5, 0.6) is 11.5 Å². The first-order chi connectivity index (χ1) is 10.1. The number of hydrogen-bond acceptors (Lipinski definition) is 3. The van der Waals surface area contributed by atoms with Gasteiger partial charge in [-0.3, -0.25) is 4.79 Å². The molecule has 4 nitrogen and oxygen atoms in total. The molecule has 1 amide bonds. The Balaban J connectivity index is 1.97. The normalized spacial score (nSPS) is 10.0. The van der Waals surface area contributed by atoms with Gasteiger partial charge in [-0.2, -0.15) is 0 Å². The highest BCUT2D eigenvalue weighted by molar-refractivity contribution is 9.10. The van der Waals surface area contributed by atoms with Gasteiger partial charge in [0.1, 0.15) is 0 Å². The zero-order valence-electron chi connectivity index (χ0n) is 11.9. The number of anilines is 1. The van der Waals surface area contributed by atoms with Crippen molar-refractivity contribution in [3.63, 3.8) is 0 Å². The van der Waals surface area contributed by atoms with Crippen molar-refractivity contribution in [2.24, 2.45) is 0 Å². The molecule has 0 aliphatic heterocycles. The molecule has 2 aromatic carbocycles. The highest BCUT2D eigenvalue weighted by Crippen LogP contribution is 2.26. The van der Waals surface area contributed by atoms with Crippen LogP contribution in [0.4, 0.5) is 5.69 Å². The van der Waals surface area contributed by atoms with Crippen LogP contribution in [0.2, 0.25) is 0 Å². The van der Waals surface area contributed by atoms with Crippen LogP contribution in [0.1, 0.15) is 5.56 Å². The third-order valence-corrected chi connectivity index (χ3v) is 3.39. The Morgan fingerprint density at radius 2 is 1.90 bits per heavy atom.